The molecule has 0 spiro atoms. The number of halogens is 1. The Balaban J connectivity index is 1.77. The maximum atomic E-state index is 12.1. The number of anilines is 1. The molecule has 36 heavy (non-hydrogen) atoms. The molecule has 3 rings (SSSR count). The van der Waals surface area contributed by atoms with Gasteiger partial charge in [0, 0.05) is 14.2 Å². The lowest BCUT2D eigenvalue weighted by atomic mass is 10.1. The lowest BCUT2D eigenvalue weighted by molar-refractivity contribution is 0.0276. The van der Waals surface area contributed by atoms with Gasteiger partial charge in [-0.05, 0) is 47.8 Å². The SMILES string of the molecule is COP(=O)(O)Cc1cccc(Cn2c(Br)nc3c(N)nc(OCCN(C)C(=O)OC(C)(C)C)nc32)c1. The standard InChI is InChI=1S/C22H30BrN6O6P/c1-22(2,3)35-21(30)28(4)9-10-34-20-26-17(24)16-18(27-20)29(19(23)25-16)12-14-7-6-8-15(11-14)13-36(31,32)33-5/h6-8,11H,9-10,12-13H2,1-5H3,(H,31,32)(H2,24,26,27). The Morgan fingerprint density at radius 3 is 2.61 bits per heavy atom. The third-order valence-electron chi connectivity index (χ3n) is 4.92. The van der Waals surface area contributed by atoms with Crippen LogP contribution in [0, 0.1) is 0 Å². The molecule has 1 amide bonds. The van der Waals surface area contributed by atoms with E-state index in [0.717, 1.165) is 5.56 Å². The normalized spacial score (nSPS) is 13.4. The summed E-state index contributed by atoms with van der Waals surface area (Å²) in [5, 5.41) is 0. The maximum Gasteiger partial charge on any atom is 0.410 e. The number of benzene rings is 1. The number of nitrogen functional groups attached to an aromatic ring is 1. The minimum atomic E-state index is -3.70. The number of nitrogens with two attached hydrogens (primary N) is 1. The average Bonchev–Trinajstić information content (AvgIpc) is 3.08. The molecule has 0 aliphatic rings. The van der Waals surface area contributed by atoms with E-state index >= 15 is 0 Å². The highest BCUT2D eigenvalue weighted by Gasteiger charge is 2.21. The lowest BCUT2D eigenvalue weighted by Crippen LogP contribution is -2.36. The van der Waals surface area contributed by atoms with Crippen LogP contribution in [0.5, 0.6) is 6.01 Å². The molecule has 0 saturated heterocycles. The lowest BCUT2D eigenvalue weighted by Gasteiger charge is -2.24. The highest BCUT2D eigenvalue weighted by Crippen LogP contribution is 2.44. The fourth-order valence-corrected chi connectivity index (χ4v) is 4.45. The number of ether oxygens (including phenoxy) is 2. The van der Waals surface area contributed by atoms with Crippen LogP contribution in [0.1, 0.15) is 31.9 Å². The van der Waals surface area contributed by atoms with E-state index in [1.807, 2.05) is 12.1 Å². The van der Waals surface area contributed by atoms with Crippen LogP contribution >= 0.6 is 23.5 Å². The predicted octanol–water partition coefficient (Wildman–Crippen LogP) is 3.80. The molecule has 1 unspecified atom stereocenters. The van der Waals surface area contributed by atoms with Gasteiger partial charge in [0.05, 0.1) is 19.3 Å². The first-order chi connectivity index (χ1) is 16.8. The van der Waals surface area contributed by atoms with E-state index in [1.54, 1.807) is 44.5 Å². The summed E-state index contributed by atoms with van der Waals surface area (Å²) in [5.41, 5.74) is 7.86. The highest BCUT2D eigenvalue weighted by atomic mass is 79.9. The van der Waals surface area contributed by atoms with Crippen molar-refractivity contribution in [2.45, 2.75) is 39.1 Å². The van der Waals surface area contributed by atoms with Gasteiger partial charge in [-0.15, -0.1) is 0 Å². The van der Waals surface area contributed by atoms with Crippen molar-refractivity contribution >= 4 is 46.6 Å². The number of aromatic nitrogens is 4. The highest BCUT2D eigenvalue weighted by molar-refractivity contribution is 9.10. The van der Waals surface area contributed by atoms with Gasteiger partial charge in [0.25, 0.3) is 0 Å². The molecule has 196 valence electrons. The second-order valence-electron chi connectivity index (χ2n) is 9.08. The van der Waals surface area contributed by atoms with Gasteiger partial charge in [0.2, 0.25) is 0 Å². The molecular weight excluding hydrogens is 555 g/mol. The molecular formula is C22H30BrN6O6P. The second-order valence-corrected chi connectivity index (χ2v) is 11.7. The van der Waals surface area contributed by atoms with Crippen molar-refractivity contribution in [2.75, 3.05) is 33.0 Å². The molecule has 0 aliphatic heterocycles. The van der Waals surface area contributed by atoms with Crippen molar-refractivity contribution in [1.29, 1.82) is 0 Å². The van der Waals surface area contributed by atoms with Gasteiger partial charge in [-0.1, -0.05) is 24.3 Å². The van der Waals surface area contributed by atoms with Crippen molar-refractivity contribution in [3.05, 3.63) is 40.1 Å². The molecule has 1 aromatic carbocycles. The first kappa shape index (κ1) is 27.9. The Morgan fingerprint density at radius 1 is 1.25 bits per heavy atom. The summed E-state index contributed by atoms with van der Waals surface area (Å²) in [6, 6.07) is 7.29. The summed E-state index contributed by atoms with van der Waals surface area (Å²) in [6.07, 6.45) is -0.567. The third kappa shape index (κ3) is 7.39. The zero-order valence-electron chi connectivity index (χ0n) is 20.8. The number of carbonyl (C=O) groups excluding carboxylic acids is 1. The van der Waals surface area contributed by atoms with Crippen LogP contribution in [-0.4, -0.2) is 68.3 Å². The maximum absolute atomic E-state index is 12.1. The number of carbonyl (C=O) groups is 1. The Bertz CT molecular complexity index is 1290. The number of hydrogen-bond acceptors (Lipinski definition) is 9. The molecule has 0 radical (unpaired) electrons. The molecule has 3 aromatic rings. The Hall–Kier alpha value is -2.73. The largest absolute Gasteiger partial charge is 0.461 e. The average molecular weight is 585 g/mol. The van der Waals surface area contributed by atoms with Crippen LogP contribution < -0.4 is 10.5 Å². The summed E-state index contributed by atoms with van der Waals surface area (Å²) in [7, 11) is -0.880. The van der Waals surface area contributed by atoms with Crippen molar-refractivity contribution < 1.29 is 28.3 Å². The Labute approximate surface area is 217 Å². The summed E-state index contributed by atoms with van der Waals surface area (Å²) < 4.78 is 29.9. The van der Waals surface area contributed by atoms with Gasteiger partial charge in [0.15, 0.2) is 21.7 Å². The summed E-state index contributed by atoms with van der Waals surface area (Å²) in [5.74, 6) is 0.144. The summed E-state index contributed by atoms with van der Waals surface area (Å²) in [4.78, 5) is 36.4. The molecule has 0 fully saturated rings. The summed E-state index contributed by atoms with van der Waals surface area (Å²) in [6.45, 7) is 6.11. The number of fused-ring (bicyclic) bond motifs is 1. The zero-order valence-corrected chi connectivity index (χ0v) is 23.2. The number of amides is 1. The van der Waals surface area contributed by atoms with Crippen LogP contribution in [0.15, 0.2) is 29.0 Å². The fourth-order valence-electron chi connectivity index (χ4n) is 3.19. The van der Waals surface area contributed by atoms with Crippen LogP contribution in [0.25, 0.3) is 11.2 Å². The molecule has 14 heteroatoms. The van der Waals surface area contributed by atoms with Crippen molar-refractivity contribution in [2.24, 2.45) is 0 Å². The van der Waals surface area contributed by atoms with Crippen molar-refractivity contribution in [3.63, 3.8) is 0 Å². The first-order valence-corrected chi connectivity index (χ1v) is 13.5. The van der Waals surface area contributed by atoms with Gasteiger partial charge >= 0.3 is 19.7 Å². The Kier molecular flexibility index (Phi) is 8.60. The van der Waals surface area contributed by atoms with Crippen LogP contribution in [0.3, 0.4) is 0 Å². The van der Waals surface area contributed by atoms with Gasteiger partial charge in [0.1, 0.15) is 12.2 Å². The first-order valence-electron chi connectivity index (χ1n) is 11.0. The van der Waals surface area contributed by atoms with E-state index in [0.29, 0.717) is 28.0 Å². The number of nitrogens with zero attached hydrogens (tertiary/aromatic N) is 5. The van der Waals surface area contributed by atoms with Gasteiger partial charge in [-0.3, -0.25) is 9.13 Å². The minimum Gasteiger partial charge on any atom is -0.461 e. The van der Waals surface area contributed by atoms with Crippen LogP contribution in [-0.2, 0) is 26.5 Å². The van der Waals surface area contributed by atoms with Gasteiger partial charge < -0.3 is 29.5 Å². The molecule has 2 heterocycles. The predicted molar refractivity (Wildman–Crippen MR) is 138 cm³/mol. The Morgan fingerprint density at radius 2 is 1.94 bits per heavy atom. The van der Waals surface area contributed by atoms with Gasteiger partial charge in [-0.2, -0.15) is 9.97 Å². The third-order valence-corrected chi connectivity index (χ3v) is 6.86. The zero-order chi connectivity index (χ0) is 26.7. The number of hydrogen-bond donors (Lipinski definition) is 2. The second kappa shape index (κ2) is 11.1. The van der Waals surface area contributed by atoms with E-state index in [2.05, 4.69) is 35.4 Å². The molecule has 0 saturated carbocycles. The topological polar surface area (TPSA) is 155 Å². The number of imidazole rings is 1. The smallest absolute Gasteiger partial charge is 0.410 e. The molecule has 0 bridgehead atoms. The van der Waals surface area contributed by atoms with Crippen LogP contribution in [0.2, 0.25) is 0 Å². The van der Waals surface area contributed by atoms with Crippen LogP contribution in [0.4, 0.5) is 10.6 Å². The van der Waals surface area contributed by atoms with E-state index in [1.165, 1.54) is 12.0 Å². The van der Waals surface area contributed by atoms with Crippen molar-refractivity contribution in [3.8, 4) is 6.01 Å². The van der Waals surface area contributed by atoms with E-state index in [-0.39, 0.29) is 31.1 Å². The monoisotopic (exact) mass is 584 g/mol. The van der Waals surface area contributed by atoms with E-state index < -0.39 is 19.3 Å². The number of rotatable bonds is 9. The number of likely N-dealkylation sites (N-methyl/N-ethyl adjacent to an activating group) is 1. The molecule has 12 nitrogen and oxygen atoms in total. The minimum absolute atomic E-state index is 0.0429. The molecule has 2 aromatic heterocycles. The molecule has 0 aliphatic carbocycles. The van der Waals surface area contributed by atoms with E-state index in [9.17, 15) is 14.3 Å². The molecule has 1 atom stereocenters. The molecule has 3 N–H and O–H groups in total. The van der Waals surface area contributed by atoms with E-state index in [4.69, 9.17) is 15.2 Å². The quantitative estimate of drug-likeness (QED) is 0.280. The fraction of sp³-hybridized carbons (Fsp3) is 0.455. The summed E-state index contributed by atoms with van der Waals surface area (Å²) >= 11 is 3.44. The van der Waals surface area contributed by atoms with Gasteiger partial charge in [-0.25, -0.2) is 9.78 Å². The van der Waals surface area contributed by atoms with Crippen molar-refractivity contribution in [1.82, 2.24) is 24.4 Å².